The van der Waals surface area contributed by atoms with E-state index >= 15 is 0 Å². The molecule has 6 nitrogen and oxygen atoms in total. The molecule has 28 heavy (non-hydrogen) atoms. The Labute approximate surface area is 171 Å². The van der Waals surface area contributed by atoms with Gasteiger partial charge in [0.2, 0.25) is 0 Å². The highest BCUT2D eigenvalue weighted by atomic mass is 35.5. The average molecular weight is 408 g/mol. The van der Waals surface area contributed by atoms with E-state index in [1.165, 1.54) is 0 Å². The van der Waals surface area contributed by atoms with Crippen LogP contribution in [0.15, 0.2) is 72.8 Å². The first kappa shape index (κ1) is 18.1. The number of carbonyl (C=O) groups excluding carboxylic acids is 1. The number of fused-ring (bicyclic) bond motifs is 1. The first-order valence-electron chi connectivity index (χ1n) is 8.39. The number of carbonyl (C=O) groups is 1. The number of halogens is 1. The van der Waals surface area contributed by atoms with Gasteiger partial charge in [0, 0.05) is 16.3 Å². The molecule has 0 spiro atoms. The van der Waals surface area contributed by atoms with Crippen molar-refractivity contribution < 1.29 is 4.79 Å². The Bertz CT molecular complexity index is 1160. The Morgan fingerprint density at radius 2 is 1.64 bits per heavy atom. The molecule has 0 saturated carbocycles. The van der Waals surface area contributed by atoms with Gasteiger partial charge >= 0.3 is 0 Å². The van der Waals surface area contributed by atoms with Crippen molar-refractivity contribution in [2.75, 3.05) is 5.32 Å². The van der Waals surface area contributed by atoms with Crippen LogP contribution in [0.2, 0.25) is 5.02 Å². The molecule has 3 aromatic carbocycles. The molecule has 0 bridgehead atoms. The summed E-state index contributed by atoms with van der Waals surface area (Å²) in [4.78, 5) is 13.7. The van der Waals surface area contributed by atoms with Gasteiger partial charge in [-0.15, -0.1) is 10.2 Å². The number of hydrogen-bond acceptors (Lipinski definition) is 4. The summed E-state index contributed by atoms with van der Waals surface area (Å²) in [7, 11) is 0. The fraction of sp³-hybridized carbons (Fsp3) is 0. The number of nitrogens with one attached hydrogen (secondary N) is 2. The average Bonchev–Trinajstić information content (AvgIpc) is 3.12. The molecule has 0 fully saturated rings. The molecular formula is C20H14ClN5OS. The minimum atomic E-state index is -0.270. The number of rotatable bonds is 3. The normalized spacial score (nSPS) is 10.6. The minimum Gasteiger partial charge on any atom is -0.332 e. The number of amides is 1. The predicted octanol–water partition coefficient (Wildman–Crippen LogP) is 4.20. The van der Waals surface area contributed by atoms with Crippen LogP contribution in [0.25, 0.3) is 16.7 Å². The molecule has 1 heterocycles. The van der Waals surface area contributed by atoms with Crippen molar-refractivity contribution in [3.05, 3.63) is 83.4 Å². The van der Waals surface area contributed by atoms with Gasteiger partial charge < -0.3 is 5.32 Å². The van der Waals surface area contributed by atoms with Crippen LogP contribution >= 0.6 is 23.8 Å². The van der Waals surface area contributed by atoms with Gasteiger partial charge in [-0.3, -0.25) is 10.1 Å². The predicted molar refractivity (Wildman–Crippen MR) is 114 cm³/mol. The molecule has 138 valence electrons. The lowest BCUT2D eigenvalue weighted by Crippen LogP contribution is -2.34. The molecule has 2 N–H and O–H groups in total. The van der Waals surface area contributed by atoms with E-state index in [0.717, 1.165) is 11.2 Å². The molecule has 0 aliphatic carbocycles. The summed E-state index contributed by atoms with van der Waals surface area (Å²) < 4.78 is 0. The number of thiocarbonyl (C=S) groups is 1. The summed E-state index contributed by atoms with van der Waals surface area (Å²) in [6.45, 7) is 0. The SMILES string of the molecule is O=C(NC(=S)Nc1ccc2nn(-c3ccc(Cl)cc3)nc2c1)c1ccccc1. The molecule has 4 rings (SSSR count). The molecule has 1 amide bonds. The van der Waals surface area contributed by atoms with Gasteiger partial charge in [-0.05, 0) is 66.8 Å². The van der Waals surface area contributed by atoms with Crippen molar-refractivity contribution >= 4 is 51.6 Å². The Morgan fingerprint density at radius 3 is 2.39 bits per heavy atom. The number of nitrogens with zero attached hydrogens (tertiary/aromatic N) is 3. The van der Waals surface area contributed by atoms with Crippen molar-refractivity contribution in [3.63, 3.8) is 0 Å². The molecule has 8 heteroatoms. The Hall–Kier alpha value is -3.29. The number of aromatic nitrogens is 3. The summed E-state index contributed by atoms with van der Waals surface area (Å²) in [5.74, 6) is -0.270. The third-order valence-corrected chi connectivity index (χ3v) is 4.41. The highest BCUT2D eigenvalue weighted by Gasteiger charge is 2.09. The van der Waals surface area contributed by atoms with Crippen LogP contribution in [0, 0.1) is 0 Å². The van der Waals surface area contributed by atoms with Gasteiger partial charge in [0.15, 0.2) is 5.11 Å². The maximum Gasteiger partial charge on any atom is 0.257 e. The van der Waals surface area contributed by atoms with E-state index in [0.29, 0.717) is 21.8 Å². The fourth-order valence-electron chi connectivity index (χ4n) is 2.61. The third kappa shape index (κ3) is 4.00. The smallest absolute Gasteiger partial charge is 0.257 e. The van der Waals surface area contributed by atoms with Crippen LogP contribution in [0.3, 0.4) is 0 Å². The molecule has 0 aliphatic heterocycles. The highest BCUT2D eigenvalue weighted by Crippen LogP contribution is 2.18. The second kappa shape index (κ2) is 7.75. The number of anilines is 1. The maximum absolute atomic E-state index is 12.2. The van der Waals surface area contributed by atoms with E-state index in [2.05, 4.69) is 20.8 Å². The Kier molecular flexibility index (Phi) is 5.01. The van der Waals surface area contributed by atoms with Crippen LogP contribution in [0.5, 0.6) is 0 Å². The van der Waals surface area contributed by atoms with Crippen molar-refractivity contribution in [3.8, 4) is 5.69 Å². The van der Waals surface area contributed by atoms with E-state index < -0.39 is 0 Å². The van der Waals surface area contributed by atoms with Crippen molar-refractivity contribution in [2.24, 2.45) is 0 Å². The van der Waals surface area contributed by atoms with E-state index in [1.807, 2.05) is 36.4 Å². The van der Waals surface area contributed by atoms with Gasteiger partial charge in [0.05, 0.1) is 5.69 Å². The monoisotopic (exact) mass is 407 g/mol. The Morgan fingerprint density at radius 1 is 0.929 bits per heavy atom. The van der Waals surface area contributed by atoms with Crippen LogP contribution in [0.1, 0.15) is 10.4 Å². The Balaban J connectivity index is 1.49. The van der Waals surface area contributed by atoms with Crippen LogP contribution in [0.4, 0.5) is 5.69 Å². The summed E-state index contributed by atoms with van der Waals surface area (Å²) >= 11 is 11.2. The summed E-state index contributed by atoms with van der Waals surface area (Å²) in [6.07, 6.45) is 0. The van der Waals surface area contributed by atoms with Gasteiger partial charge in [-0.1, -0.05) is 29.8 Å². The van der Waals surface area contributed by atoms with E-state index in [4.69, 9.17) is 23.8 Å². The van der Waals surface area contributed by atoms with E-state index in [1.54, 1.807) is 41.2 Å². The molecule has 4 aromatic rings. The van der Waals surface area contributed by atoms with Crippen molar-refractivity contribution in [1.29, 1.82) is 0 Å². The summed E-state index contributed by atoms with van der Waals surface area (Å²) in [6, 6.07) is 21.6. The van der Waals surface area contributed by atoms with E-state index in [9.17, 15) is 4.79 Å². The standard InChI is InChI=1S/C20H14ClN5OS/c21-14-6-9-16(10-7-14)26-24-17-11-8-15(12-18(17)25-26)22-20(28)23-19(27)13-4-2-1-3-5-13/h1-12H,(H2,22,23,27,28). The molecular weight excluding hydrogens is 394 g/mol. The molecule has 1 aromatic heterocycles. The lowest BCUT2D eigenvalue weighted by molar-refractivity contribution is 0.0977. The van der Waals surface area contributed by atoms with Gasteiger partial charge in [0.25, 0.3) is 5.91 Å². The fourth-order valence-corrected chi connectivity index (χ4v) is 2.95. The first-order valence-corrected chi connectivity index (χ1v) is 9.17. The van der Waals surface area contributed by atoms with Gasteiger partial charge in [-0.25, -0.2) is 0 Å². The largest absolute Gasteiger partial charge is 0.332 e. The quantitative estimate of drug-likeness (QED) is 0.498. The van der Waals surface area contributed by atoms with Gasteiger partial charge in [0.1, 0.15) is 11.0 Å². The lowest BCUT2D eigenvalue weighted by Gasteiger charge is -2.09. The minimum absolute atomic E-state index is 0.207. The molecule has 0 saturated heterocycles. The third-order valence-electron chi connectivity index (χ3n) is 3.96. The molecule has 0 unspecified atom stereocenters. The second-order valence-corrected chi connectivity index (χ2v) is 6.79. The van der Waals surface area contributed by atoms with Crippen LogP contribution < -0.4 is 10.6 Å². The highest BCUT2D eigenvalue weighted by molar-refractivity contribution is 7.80. The van der Waals surface area contributed by atoms with Crippen molar-refractivity contribution in [1.82, 2.24) is 20.3 Å². The lowest BCUT2D eigenvalue weighted by atomic mass is 10.2. The van der Waals surface area contributed by atoms with Crippen LogP contribution in [-0.2, 0) is 0 Å². The topological polar surface area (TPSA) is 71.8 Å². The number of hydrogen-bond donors (Lipinski definition) is 2. The molecule has 0 radical (unpaired) electrons. The van der Waals surface area contributed by atoms with Crippen molar-refractivity contribution in [2.45, 2.75) is 0 Å². The zero-order valence-corrected chi connectivity index (χ0v) is 16.0. The zero-order valence-electron chi connectivity index (χ0n) is 14.5. The number of benzene rings is 3. The first-order chi connectivity index (χ1) is 13.6. The second-order valence-electron chi connectivity index (χ2n) is 5.94. The van der Waals surface area contributed by atoms with Crippen LogP contribution in [-0.4, -0.2) is 26.0 Å². The van der Waals surface area contributed by atoms with E-state index in [-0.39, 0.29) is 11.0 Å². The zero-order chi connectivity index (χ0) is 19.5. The maximum atomic E-state index is 12.2. The molecule has 0 atom stereocenters. The summed E-state index contributed by atoms with van der Waals surface area (Å²) in [5.41, 5.74) is 3.47. The summed E-state index contributed by atoms with van der Waals surface area (Å²) in [5, 5.41) is 15.4. The molecule has 0 aliphatic rings. The van der Waals surface area contributed by atoms with Gasteiger partial charge in [-0.2, -0.15) is 4.80 Å².